The number of imidazole rings is 1. The fourth-order valence-corrected chi connectivity index (χ4v) is 3.04. The Hall–Kier alpha value is -2.10. The van der Waals surface area contributed by atoms with E-state index in [0.717, 1.165) is 23.4 Å². The van der Waals surface area contributed by atoms with E-state index in [0.29, 0.717) is 12.8 Å². The van der Waals surface area contributed by atoms with Crippen LogP contribution in [0, 0.1) is 0 Å². The topological polar surface area (TPSA) is 44.0 Å². The standard InChI is InChI=1S/C18H24N2O2/c1-5-15-16(6-2)20(17(21)7-3)18(22)19(15)13(4)14-11-9-8-10-12-14/h8-13H,5-7H2,1-4H3/t13-/m0/s1. The van der Waals surface area contributed by atoms with E-state index in [9.17, 15) is 9.59 Å². The van der Waals surface area contributed by atoms with Crippen LogP contribution >= 0.6 is 0 Å². The number of benzene rings is 1. The van der Waals surface area contributed by atoms with Gasteiger partial charge in [-0.25, -0.2) is 9.36 Å². The van der Waals surface area contributed by atoms with Crippen molar-refractivity contribution in [3.63, 3.8) is 0 Å². The van der Waals surface area contributed by atoms with E-state index < -0.39 is 0 Å². The summed E-state index contributed by atoms with van der Waals surface area (Å²) in [6.45, 7) is 7.82. The summed E-state index contributed by atoms with van der Waals surface area (Å²) in [5.74, 6) is -0.129. The summed E-state index contributed by atoms with van der Waals surface area (Å²) in [5, 5.41) is 0. The predicted octanol–water partition coefficient (Wildman–Crippen LogP) is 3.43. The van der Waals surface area contributed by atoms with Gasteiger partial charge in [0, 0.05) is 17.8 Å². The van der Waals surface area contributed by atoms with E-state index in [-0.39, 0.29) is 17.6 Å². The number of aromatic nitrogens is 2. The normalized spacial score (nSPS) is 12.4. The van der Waals surface area contributed by atoms with E-state index >= 15 is 0 Å². The molecule has 1 atom stereocenters. The van der Waals surface area contributed by atoms with Gasteiger partial charge in [-0.15, -0.1) is 0 Å². The molecule has 0 amide bonds. The van der Waals surface area contributed by atoms with Crippen LogP contribution in [0.1, 0.15) is 61.9 Å². The lowest BCUT2D eigenvalue weighted by Gasteiger charge is -2.16. The SMILES string of the molecule is CCC(=O)n1c(CC)c(CC)n([C@@H](C)c2ccccc2)c1=O. The lowest BCUT2D eigenvalue weighted by atomic mass is 10.1. The van der Waals surface area contributed by atoms with Gasteiger partial charge in [-0.1, -0.05) is 51.1 Å². The Kier molecular flexibility index (Phi) is 5.01. The summed E-state index contributed by atoms with van der Waals surface area (Å²) in [6.07, 6.45) is 1.75. The first kappa shape index (κ1) is 16.3. The predicted molar refractivity (Wildman–Crippen MR) is 88.6 cm³/mol. The second-order valence-corrected chi connectivity index (χ2v) is 5.42. The van der Waals surface area contributed by atoms with Crippen LogP contribution in [0.25, 0.3) is 0 Å². The monoisotopic (exact) mass is 300 g/mol. The minimum Gasteiger partial charge on any atom is -0.288 e. The van der Waals surface area contributed by atoms with Crippen molar-refractivity contribution in [3.8, 4) is 0 Å². The Bertz CT molecular complexity index is 711. The molecule has 118 valence electrons. The molecule has 0 aliphatic carbocycles. The zero-order chi connectivity index (χ0) is 16.3. The Morgan fingerprint density at radius 1 is 1.05 bits per heavy atom. The molecule has 0 saturated carbocycles. The molecule has 22 heavy (non-hydrogen) atoms. The third-order valence-corrected chi connectivity index (χ3v) is 4.18. The van der Waals surface area contributed by atoms with Crippen molar-refractivity contribution in [2.24, 2.45) is 0 Å². The molecule has 0 unspecified atom stereocenters. The largest absolute Gasteiger partial charge is 0.335 e. The molecule has 1 heterocycles. The number of carbonyl (C=O) groups excluding carboxylic acids is 1. The number of hydrogen-bond acceptors (Lipinski definition) is 2. The minimum absolute atomic E-state index is 0.0835. The molecule has 2 rings (SSSR count). The molecule has 4 heteroatoms. The van der Waals surface area contributed by atoms with Crippen LogP contribution in [0.15, 0.2) is 35.1 Å². The van der Waals surface area contributed by atoms with Gasteiger partial charge in [0.05, 0.1) is 6.04 Å². The number of rotatable bonds is 5. The lowest BCUT2D eigenvalue weighted by Crippen LogP contribution is -2.31. The molecule has 0 aliphatic rings. The van der Waals surface area contributed by atoms with E-state index in [1.165, 1.54) is 4.57 Å². The molecule has 0 radical (unpaired) electrons. The Morgan fingerprint density at radius 3 is 2.14 bits per heavy atom. The Morgan fingerprint density at radius 2 is 1.64 bits per heavy atom. The zero-order valence-corrected chi connectivity index (χ0v) is 13.8. The van der Waals surface area contributed by atoms with Crippen LogP contribution in [-0.2, 0) is 12.8 Å². The molecule has 0 saturated heterocycles. The van der Waals surface area contributed by atoms with Gasteiger partial charge in [-0.05, 0) is 25.3 Å². The summed E-state index contributed by atoms with van der Waals surface area (Å²) < 4.78 is 3.15. The van der Waals surface area contributed by atoms with Crippen molar-refractivity contribution in [1.29, 1.82) is 0 Å². The van der Waals surface area contributed by atoms with Crippen LogP contribution < -0.4 is 5.69 Å². The van der Waals surface area contributed by atoms with Crippen LogP contribution in [0.5, 0.6) is 0 Å². The average molecular weight is 300 g/mol. The van der Waals surface area contributed by atoms with Crippen molar-refractivity contribution >= 4 is 5.91 Å². The van der Waals surface area contributed by atoms with Crippen LogP contribution in [0.3, 0.4) is 0 Å². The second-order valence-electron chi connectivity index (χ2n) is 5.42. The molecule has 0 fully saturated rings. The van der Waals surface area contributed by atoms with E-state index in [1.807, 2.05) is 51.1 Å². The molecule has 0 bridgehead atoms. The van der Waals surface area contributed by atoms with Crippen LogP contribution in [0.4, 0.5) is 0 Å². The minimum atomic E-state index is -0.211. The molecule has 0 spiro atoms. The number of nitrogens with zero attached hydrogens (tertiary/aromatic N) is 2. The maximum absolute atomic E-state index is 12.8. The maximum Gasteiger partial charge on any atom is 0.335 e. The van der Waals surface area contributed by atoms with Gasteiger partial charge in [0.25, 0.3) is 0 Å². The molecule has 0 aliphatic heterocycles. The van der Waals surface area contributed by atoms with Gasteiger partial charge in [0.15, 0.2) is 0 Å². The van der Waals surface area contributed by atoms with Crippen LogP contribution in [0.2, 0.25) is 0 Å². The lowest BCUT2D eigenvalue weighted by molar-refractivity contribution is 0.0900. The van der Waals surface area contributed by atoms with E-state index in [2.05, 4.69) is 0 Å². The van der Waals surface area contributed by atoms with Crippen molar-refractivity contribution in [2.45, 2.75) is 53.0 Å². The average Bonchev–Trinajstić information content (AvgIpc) is 2.85. The Balaban J connectivity index is 2.68. The van der Waals surface area contributed by atoms with Gasteiger partial charge in [0.1, 0.15) is 0 Å². The van der Waals surface area contributed by atoms with Gasteiger partial charge >= 0.3 is 5.69 Å². The van der Waals surface area contributed by atoms with E-state index in [1.54, 1.807) is 11.5 Å². The molecule has 1 aromatic carbocycles. The fourth-order valence-electron chi connectivity index (χ4n) is 3.04. The van der Waals surface area contributed by atoms with Crippen molar-refractivity contribution in [2.75, 3.05) is 0 Å². The Labute approximate surface area is 131 Å². The first-order valence-electron chi connectivity index (χ1n) is 7.99. The molecule has 2 aromatic rings. The third kappa shape index (κ3) is 2.65. The molecular formula is C18H24N2O2. The van der Waals surface area contributed by atoms with E-state index in [4.69, 9.17) is 0 Å². The van der Waals surface area contributed by atoms with Gasteiger partial charge in [-0.2, -0.15) is 0 Å². The summed E-state index contributed by atoms with van der Waals surface area (Å²) in [6, 6.07) is 9.85. The summed E-state index contributed by atoms with van der Waals surface area (Å²) >= 11 is 0. The molecule has 4 nitrogen and oxygen atoms in total. The first-order chi connectivity index (χ1) is 10.6. The summed E-state index contributed by atoms with van der Waals surface area (Å²) in [5.41, 5.74) is 2.67. The first-order valence-corrected chi connectivity index (χ1v) is 7.99. The highest BCUT2D eigenvalue weighted by Gasteiger charge is 2.24. The van der Waals surface area contributed by atoms with Gasteiger partial charge in [0.2, 0.25) is 5.91 Å². The summed E-state index contributed by atoms with van der Waals surface area (Å²) in [7, 11) is 0. The number of hydrogen-bond donors (Lipinski definition) is 0. The zero-order valence-electron chi connectivity index (χ0n) is 13.8. The molecule has 0 N–H and O–H groups in total. The third-order valence-electron chi connectivity index (χ3n) is 4.18. The van der Waals surface area contributed by atoms with Crippen LogP contribution in [-0.4, -0.2) is 15.0 Å². The second kappa shape index (κ2) is 6.77. The highest BCUT2D eigenvalue weighted by atomic mass is 16.2. The quantitative estimate of drug-likeness (QED) is 0.849. The highest BCUT2D eigenvalue weighted by Crippen LogP contribution is 2.21. The van der Waals surface area contributed by atoms with Crippen molar-refractivity contribution in [3.05, 3.63) is 57.8 Å². The maximum atomic E-state index is 12.8. The van der Waals surface area contributed by atoms with Gasteiger partial charge in [-0.3, -0.25) is 9.36 Å². The van der Waals surface area contributed by atoms with Crippen molar-refractivity contribution in [1.82, 2.24) is 9.13 Å². The number of carbonyl (C=O) groups is 1. The smallest absolute Gasteiger partial charge is 0.288 e. The van der Waals surface area contributed by atoms with Gasteiger partial charge < -0.3 is 0 Å². The summed E-state index contributed by atoms with van der Waals surface area (Å²) in [4.78, 5) is 25.1. The highest BCUT2D eigenvalue weighted by molar-refractivity contribution is 5.79. The van der Waals surface area contributed by atoms with Crippen molar-refractivity contribution < 1.29 is 4.79 Å². The molecular weight excluding hydrogens is 276 g/mol. The molecule has 1 aromatic heterocycles. The fraction of sp³-hybridized carbons (Fsp3) is 0.444.